The van der Waals surface area contributed by atoms with Gasteiger partial charge in [0.05, 0.1) is 6.04 Å². The van der Waals surface area contributed by atoms with Crippen LogP contribution < -0.4 is 5.73 Å². The monoisotopic (exact) mass is 292 g/mol. The maximum atomic E-state index is 12.5. The summed E-state index contributed by atoms with van der Waals surface area (Å²) < 4.78 is 0. The summed E-state index contributed by atoms with van der Waals surface area (Å²) in [6.45, 7) is 3.71. The van der Waals surface area contributed by atoms with Crippen molar-refractivity contribution < 1.29 is 4.79 Å². The summed E-state index contributed by atoms with van der Waals surface area (Å²) in [5.74, 6) is 0.0545. The second-order valence-electron chi connectivity index (χ2n) is 4.76. The molecule has 1 aromatic carbocycles. The molecule has 0 aliphatic rings. The first-order valence-corrected chi connectivity index (χ1v) is 6.62. The zero-order chi connectivity index (χ0) is 14.9. The number of anilines is 1. The number of nitrogens with one attached hydrogen (secondary N) is 1. The van der Waals surface area contributed by atoms with Gasteiger partial charge >= 0.3 is 0 Å². The lowest BCUT2D eigenvalue weighted by atomic mass is 10.1. The van der Waals surface area contributed by atoms with Crippen molar-refractivity contribution in [3.05, 3.63) is 46.1 Å². The minimum absolute atomic E-state index is 0.116. The Labute approximate surface area is 122 Å². The average molecular weight is 293 g/mol. The number of carbonyl (C=O) groups excluding carboxylic acids is 1. The summed E-state index contributed by atoms with van der Waals surface area (Å²) in [4.78, 5) is 14.1. The van der Waals surface area contributed by atoms with E-state index < -0.39 is 0 Å². The van der Waals surface area contributed by atoms with Crippen LogP contribution in [-0.2, 0) is 0 Å². The highest BCUT2D eigenvalue weighted by Gasteiger charge is 2.24. The van der Waals surface area contributed by atoms with Crippen molar-refractivity contribution >= 4 is 23.3 Å². The number of nitrogens with zero attached hydrogens (tertiary/aromatic N) is 2. The number of carbonyl (C=O) groups is 1. The molecule has 3 N–H and O–H groups in total. The minimum atomic E-state index is -0.166. The number of hydrogen-bond donors (Lipinski definition) is 2. The summed E-state index contributed by atoms with van der Waals surface area (Å²) in [6, 6.07) is 7.34. The molecule has 0 aliphatic carbocycles. The molecular formula is C14H17ClN4O. The third-order valence-electron chi connectivity index (χ3n) is 3.42. The van der Waals surface area contributed by atoms with E-state index in [0.29, 0.717) is 16.3 Å². The number of benzene rings is 1. The average Bonchev–Trinajstić information content (AvgIpc) is 2.76. The van der Waals surface area contributed by atoms with Crippen LogP contribution in [0.4, 0.5) is 5.82 Å². The Kier molecular flexibility index (Phi) is 3.99. The Morgan fingerprint density at radius 3 is 2.75 bits per heavy atom. The lowest BCUT2D eigenvalue weighted by molar-refractivity contribution is 0.0743. The van der Waals surface area contributed by atoms with Gasteiger partial charge in [-0.25, -0.2) is 0 Å². The number of amides is 1. The Bertz CT molecular complexity index is 618. The van der Waals surface area contributed by atoms with Crippen molar-refractivity contribution in [2.45, 2.75) is 19.9 Å². The molecule has 0 saturated heterocycles. The normalized spacial score (nSPS) is 12.2. The Balaban J connectivity index is 2.27. The first kappa shape index (κ1) is 14.4. The number of H-pyrrole nitrogens is 1. The van der Waals surface area contributed by atoms with Crippen LogP contribution in [0.3, 0.4) is 0 Å². The van der Waals surface area contributed by atoms with Crippen molar-refractivity contribution in [1.82, 2.24) is 15.1 Å². The molecule has 0 saturated carbocycles. The maximum absolute atomic E-state index is 12.5. The van der Waals surface area contributed by atoms with Crippen molar-refractivity contribution in [2.75, 3.05) is 12.8 Å². The van der Waals surface area contributed by atoms with Crippen LogP contribution in [0.1, 0.15) is 34.6 Å². The fourth-order valence-electron chi connectivity index (χ4n) is 2.06. The van der Waals surface area contributed by atoms with Gasteiger partial charge in [0.1, 0.15) is 5.56 Å². The molecule has 0 radical (unpaired) electrons. The molecule has 0 bridgehead atoms. The van der Waals surface area contributed by atoms with Gasteiger partial charge in [-0.15, -0.1) is 0 Å². The van der Waals surface area contributed by atoms with Crippen molar-refractivity contribution in [3.63, 3.8) is 0 Å². The van der Waals surface area contributed by atoms with Crippen molar-refractivity contribution in [3.8, 4) is 0 Å². The van der Waals surface area contributed by atoms with E-state index in [9.17, 15) is 4.79 Å². The van der Waals surface area contributed by atoms with E-state index in [4.69, 9.17) is 17.3 Å². The van der Waals surface area contributed by atoms with Crippen molar-refractivity contribution in [1.29, 1.82) is 0 Å². The molecule has 0 aliphatic heterocycles. The largest absolute Gasteiger partial charge is 0.382 e. The van der Waals surface area contributed by atoms with Crippen molar-refractivity contribution in [2.24, 2.45) is 0 Å². The topological polar surface area (TPSA) is 75.0 Å². The number of hydrogen-bond acceptors (Lipinski definition) is 3. The molecule has 1 atom stereocenters. The van der Waals surface area contributed by atoms with E-state index in [1.165, 1.54) is 0 Å². The fraction of sp³-hybridized carbons (Fsp3) is 0.286. The van der Waals surface area contributed by atoms with E-state index in [1.54, 1.807) is 24.9 Å². The van der Waals surface area contributed by atoms with E-state index in [-0.39, 0.29) is 17.8 Å². The molecule has 1 amide bonds. The van der Waals surface area contributed by atoms with Gasteiger partial charge in [0.2, 0.25) is 0 Å². The molecule has 20 heavy (non-hydrogen) atoms. The summed E-state index contributed by atoms with van der Waals surface area (Å²) in [6.07, 6.45) is 0. The van der Waals surface area contributed by atoms with Gasteiger partial charge in [0.25, 0.3) is 5.91 Å². The molecule has 1 heterocycles. The van der Waals surface area contributed by atoms with E-state index >= 15 is 0 Å². The van der Waals surface area contributed by atoms with Gasteiger partial charge in [-0.3, -0.25) is 9.89 Å². The number of nitrogens with two attached hydrogens (primary N) is 1. The van der Waals surface area contributed by atoms with E-state index in [1.807, 2.05) is 25.1 Å². The van der Waals surface area contributed by atoms with Crippen LogP contribution in [0.15, 0.2) is 24.3 Å². The third-order valence-corrected chi connectivity index (χ3v) is 3.66. The number of rotatable bonds is 3. The van der Waals surface area contributed by atoms with Crippen LogP contribution in [0.5, 0.6) is 0 Å². The zero-order valence-electron chi connectivity index (χ0n) is 11.6. The second-order valence-corrected chi connectivity index (χ2v) is 5.19. The van der Waals surface area contributed by atoms with Crippen LogP contribution in [-0.4, -0.2) is 28.1 Å². The summed E-state index contributed by atoms with van der Waals surface area (Å²) in [5, 5.41) is 7.21. The second kappa shape index (κ2) is 5.54. The predicted molar refractivity (Wildman–Crippen MR) is 79.7 cm³/mol. The van der Waals surface area contributed by atoms with Crippen LogP contribution in [0, 0.1) is 6.92 Å². The highest BCUT2D eigenvalue weighted by molar-refractivity contribution is 6.30. The number of aromatic amines is 1. The molecule has 1 unspecified atom stereocenters. The van der Waals surface area contributed by atoms with Gasteiger partial charge in [0.15, 0.2) is 5.82 Å². The molecule has 6 heteroatoms. The quantitative estimate of drug-likeness (QED) is 0.913. The molecule has 2 aromatic rings. The highest BCUT2D eigenvalue weighted by Crippen LogP contribution is 2.25. The van der Waals surface area contributed by atoms with Gasteiger partial charge in [0, 0.05) is 17.8 Å². The lowest BCUT2D eigenvalue weighted by Gasteiger charge is -2.25. The van der Waals surface area contributed by atoms with E-state index in [2.05, 4.69) is 10.2 Å². The number of aromatic nitrogens is 2. The third kappa shape index (κ3) is 2.63. The lowest BCUT2D eigenvalue weighted by Crippen LogP contribution is -2.30. The van der Waals surface area contributed by atoms with Crippen LogP contribution >= 0.6 is 11.6 Å². The molecule has 0 fully saturated rings. The predicted octanol–water partition coefficient (Wildman–Crippen LogP) is 2.79. The van der Waals surface area contributed by atoms with Gasteiger partial charge < -0.3 is 10.6 Å². The number of nitrogen functional groups attached to an aromatic ring is 1. The van der Waals surface area contributed by atoms with Gasteiger partial charge in [-0.1, -0.05) is 23.7 Å². The Morgan fingerprint density at radius 1 is 1.50 bits per heavy atom. The summed E-state index contributed by atoms with van der Waals surface area (Å²) in [7, 11) is 1.74. The molecule has 1 aromatic heterocycles. The number of halogens is 1. The standard InChI is InChI=1S/C14H17ClN4O/c1-8-12(13(16)18-17-8)14(20)19(3)9(2)10-5-4-6-11(15)7-10/h4-7,9H,1-3H3,(H3,16,17,18). The minimum Gasteiger partial charge on any atom is -0.382 e. The molecule has 106 valence electrons. The first-order valence-electron chi connectivity index (χ1n) is 6.25. The summed E-state index contributed by atoms with van der Waals surface area (Å²) >= 11 is 5.98. The smallest absolute Gasteiger partial charge is 0.259 e. The van der Waals surface area contributed by atoms with Gasteiger partial charge in [-0.2, -0.15) is 5.10 Å². The van der Waals surface area contributed by atoms with Crippen LogP contribution in [0.2, 0.25) is 5.02 Å². The number of aryl methyl sites for hydroxylation is 1. The summed E-state index contributed by atoms with van der Waals surface area (Å²) in [5.41, 5.74) is 7.78. The molecule has 2 rings (SSSR count). The zero-order valence-corrected chi connectivity index (χ0v) is 12.4. The van der Waals surface area contributed by atoms with E-state index in [0.717, 1.165) is 5.56 Å². The van der Waals surface area contributed by atoms with Crippen LogP contribution in [0.25, 0.3) is 0 Å². The SMILES string of the molecule is Cc1[nH]nc(N)c1C(=O)N(C)C(C)c1cccc(Cl)c1. The van der Waals surface area contributed by atoms with Gasteiger partial charge in [-0.05, 0) is 31.5 Å². The Morgan fingerprint density at radius 2 is 2.20 bits per heavy atom. The maximum Gasteiger partial charge on any atom is 0.259 e. The molecule has 0 spiro atoms. The Hall–Kier alpha value is -2.01. The highest BCUT2D eigenvalue weighted by atomic mass is 35.5. The molecular weight excluding hydrogens is 276 g/mol. The fourth-order valence-corrected chi connectivity index (χ4v) is 2.26. The first-order chi connectivity index (χ1) is 9.41. The molecule has 5 nitrogen and oxygen atoms in total.